The van der Waals surface area contributed by atoms with Gasteiger partial charge in [0.15, 0.2) is 0 Å². The predicted octanol–water partition coefficient (Wildman–Crippen LogP) is 1.83. The SMILES string of the molecule is CO/N=C/C1CC2C=CC1C2. The van der Waals surface area contributed by atoms with Gasteiger partial charge in [0.05, 0.1) is 0 Å². The van der Waals surface area contributed by atoms with Gasteiger partial charge in [0.2, 0.25) is 0 Å². The molecule has 2 heteroatoms. The summed E-state index contributed by atoms with van der Waals surface area (Å²) >= 11 is 0. The van der Waals surface area contributed by atoms with Gasteiger partial charge in [0.25, 0.3) is 0 Å². The summed E-state index contributed by atoms with van der Waals surface area (Å²) in [6, 6.07) is 0. The average Bonchev–Trinajstić information content (AvgIpc) is 2.60. The second kappa shape index (κ2) is 2.68. The van der Waals surface area contributed by atoms with E-state index in [1.54, 1.807) is 7.11 Å². The third-order valence-corrected chi connectivity index (χ3v) is 2.69. The van der Waals surface area contributed by atoms with Gasteiger partial charge in [0, 0.05) is 12.1 Å². The molecule has 2 rings (SSSR count). The van der Waals surface area contributed by atoms with Crippen LogP contribution >= 0.6 is 0 Å². The molecule has 0 aromatic carbocycles. The van der Waals surface area contributed by atoms with Gasteiger partial charge in [-0.1, -0.05) is 17.3 Å². The first-order valence-electron chi connectivity index (χ1n) is 4.15. The van der Waals surface area contributed by atoms with Gasteiger partial charge in [-0.3, -0.25) is 0 Å². The molecule has 0 radical (unpaired) electrons. The third kappa shape index (κ3) is 1.17. The summed E-state index contributed by atoms with van der Waals surface area (Å²) < 4.78 is 0. The van der Waals surface area contributed by atoms with E-state index in [9.17, 15) is 0 Å². The molecule has 0 aromatic rings. The zero-order valence-corrected chi connectivity index (χ0v) is 6.73. The second-order valence-corrected chi connectivity index (χ2v) is 3.38. The van der Waals surface area contributed by atoms with Gasteiger partial charge in [-0.2, -0.15) is 0 Å². The summed E-state index contributed by atoms with van der Waals surface area (Å²) in [6.45, 7) is 0. The lowest BCUT2D eigenvalue weighted by atomic mass is 9.95. The fourth-order valence-corrected chi connectivity index (χ4v) is 2.13. The lowest BCUT2D eigenvalue weighted by molar-refractivity contribution is 0.212. The van der Waals surface area contributed by atoms with Crippen molar-refractivity contribution in [1.82, 2.24) is 0 Å². The van der Waals surface area contributed by atoms with Crippen molar-refractivity contribution in [2.24, 2.45) is 22.9 Å². The zero-order valence-electron chi connectivity index (χ0n) is 6.73. The Labute approximate surface area is 66.9 Å². The van der Waals surface area contributed by atoms with Crippen LogP contribution in [0.25, 0.3) is 0 Å². The maximum absolute atomic E-state index is 4.66. The van der Waals surface area contributed by atoms with Crippen molar-refractivity contribution in [3.05, 3.63) is 12.2 Å². The minimum Gasteiger partial charge on any atom is -0.399 e. The van der Waals surface area contributed by atoms with Crippen LogP contribution in [0, 0.1) is 17.8 Å². The number of fused-ring (bicyclic) bond motifs is 2. The molecule has 0 N–H and O–H groups in total. The first-order valence-corrected chi connectivity index (χ1v) is 4.15. The molecule has 0 aromatic heterocycles. The molecule has 11 heavy (non-hydrogen) atoms. The van der Waals surface area contributed by atoms with Crippen LogP contribution in [0.3, 0.4) is 0 Å². The molecule has 1 saturated carbocycles. The summed E-state index contributed by atoms with van der Waals surface area (Å²) in [5, 5.41) is 3.81. The molecule has 0 spiro atoms. The molecule has 0 heterocycles. The molecule has 2 nitrogen and oxygen atoms in total. The molecule has 3 unspecified atom stereocenters. The molecule has 60 valence electrons. The van der Waals surface area contributed by atoms with E-state index in [1.807, 2.05) is 6.21 Å². The van der Waals surface area contributed by atoms with E-state index in [2.05, 4.69) is 22.1 Å². The van der Waals surface area contributed by atoms with Crippen LogP contribution in [-0.2, 0) is 4.84 Å². The first kappa shape index (κ1) is 6.89. The maximum atomic E-state index is 4.66. The van der Waals surface area contributed by atoms with E-state index in [0.29, 0.717) is 5.92 Å². The molecule has 2 aliphatic rings. The fraction of sp³-hybridized carbons (Fsp3) is 0.667. The van der Waals surface area contributed by atoms with Crippen molar-refractivity contribution in [3.8, 4) is 0 Å². The highest BCUT2D eigenvalue weighted by atomic mass is 16.6. The van der Waals surface area contributed by atoms with Gasteiger partial charge in [0.1, 0.15) is 7.11 Å². The van der Waals surface area contributed by atoms with Crippen LogP contribution < -0.4 is 0 Å². The first-order chi connectivity index (χ1) is 5.40. The van der Waals surface area contributed by atoms with Crippen LogP contribution in [0.5, 0.6) is 0 Å². The van der Waals surface area contributed by atoms with Crippen LogP contribution in [-0.4, -0.2) is 13.3 Å². The minimum atomic E-state index is 0.643. The van der Waals surface area contributed by atoms with E-state index in [0.717, 1.165) is 11.8 Å². The number of hydrogen-bond donors (Lipinski definition) is 0. The molecule has 1 fully saturated rings. The van der Waals surface area contributed by atoms with Crippen molar-refractivity contribution < 1.29 is 4.84 Å². The Bertz CT molecular complexity index is 198. The number of rotatable bonds is 2. The molecule has 2 aliphatic carbocycles. The monoisotopic (exact) mass is 151 g/mol. The highest BCUT2D eigenvalue weighted by Crippen LogP contribution is 2.42. The van der Waals surface area contributed by atoms with Crippen molar-refractivity contribution in [2.75, 3.05) is 7.11 Å². The molecular weight excluding hydrogens is 138 g/mol. The predicted molar refractivity (Wildman–Crippen MR) is 44.3 cm³/mol. The summed E-state index contributed by atoms with van der Waals surface area (Å²) in [5.41, 5.74) is 0. The van der Waals surface area contributed by atoms with Crippen molar-refractivity contribution in [3.63, 3.8) is 0 Å². The second-order valence-electron chi connectivity index (χ2n) is 3.38. The minimum absolute atomic E-state index is 0.643. The normalized spacial score (nSPS) is 40.6. The van der Waals surface area contributed by atoms with Crippen molar-refractivity contribution in [2.45, 2.75) is 12.8 Å². The van der Waals surface area contributed by atoms with Gasteiger partial charge in [-0.25, -0.2) is 0 Å². The van der Waals surface area contributed by atoms with E-state index in [-0.39, 0.29) is 0 Å². The highest BCUT2D eigenvalue weighted by molar-refractivity contribution is 5.62. The van der Waals surface area contributed by atoms with Crippen LogP contribution in [0.4, 0.5) is 0 Å². The Hall–Kier alpha value is -0.790. The quantitative estimate of drug-likeness (QED) is 0.335. The van der Waals surface area contributed by atoms with Crippen molar-refractivity contribution >= 4 is 6.21 Å². The molecule has 3 atom stereocenters. The third-order valence-electron chi connectivity index (χ3n) is 2.69. The van der Waals surface area contributed by atoms with Gasteiger partial charge in [-0.15, -0.1) is 0 Å². The lowest BCUT2D eigenvalue weighted by Gasteiger charge is -2.10. The number of allylic oxidation sites excluding steroid dienone is 2. The van der Waals surface area contributed by atoms with E-state index in [1.165, 1.54) is 12.8 Å². The van der Waals surface area contributed by atoms with Gasteiger partial charge in [-0.05, 0) is 24.7 Å². The molecule has 2 bridgehead atoms. The summed E-state index contributed by atoms with van der Waals surface area (Å²) in [4.78, 5) is 4.66. The summed E-state index contributed by atoms with van der Waals surface area (Å²) in [6.07, 6.45) is 9.21. The highest BCUT2D eigenvalue weighted by Gasteiger charge is 2.34. The van der Waals surface area contributed by atoms with Crippen LogP contribution in [0.2, 0.25) is 0 Å². The molecule has 0 aliphatic heterocycles. The Morgan fingerprint density at radius 3 is 2.91 bits per heavy atom. The standard InChI is InChI=1S/C9H13NO/c1-11-10-6-9-5-7-2-3-8(9)4-7/h2-3,6-9H,4-5H2,1H3/b10-6+. The van der Waals surface area contributed by atoms with Crippen LogP contribution in [0.1, 0.15) is 12.8 Å². The lowest BCUT2D eigenvalue weighted by Crippen LogP contribution is -2.07. The van der Waals surface area contributed by atoms with E-state index < -0.39 is 0 Å². The van der Waals surface area contributed by atoms with Gasteiger partial charge >= 0.3 is 0 Å². The van der Waals surface area contributed by atoms with Gasteiger partial charge < -0.3 is 4.84 Å². The Kier molecular flexibility index (Phi) is 1.68. The van der Waals surface area contributed by atoms with E-state index in [4.69, 9.17) is 0 Å². The Morgan fingerprint density at radius 2 is 2.36 bits per heavy atom. The summed E-state index contributed by atoms with van der Waals surface area (Å²) in [7, 11) is 1.60. The van der Waals surface area contributed by atoms with E-state index >= 15 is 0 Å². The summed E-state index contributed by atoms with van der Waals surface area (Å²) in [5.74, 6) is 2.22. The molecule has 0 saturated heterocycles. The zero-order chi connectivity index (χ0) is 7.68. The smallest absolute Gasteiger partial charge is 0.106 e. The molecule has 0 amide bonds. The number of oxime groups is 1. The number of hydrogen-bond acceptors (Lipinski definition) is 2. The fourth-order valence-electron chi connectivity index (χ4n) is 2.13. The van der Waals surface area contributed by atoms with Crippen LogP contribution in [0.15, 0.2) is 17.3 Å². The average molecular weight is 151 g/mol. The van der Waals surface area contributed by atoms with Crippen molar-refractivity contribution in [1.29, 1.82) is 0 Å². The number of nitrogens with zero attached hydrogens (tertiary/aromatic N) is 1. The largest absolute Gasteiger partial charge is 0.399 e. The topological polar surface area (TPSA) is 21.6 Å². The Morgan fingerprint density at radius 1 is 1.45 bits per heavy atom. The maximum Gasteiger partial charge on any atom is 0.106 e. The molecular formula is C9H13NO. The Balaban J connectivity index is 1.98.